The number of aromatic nitrogens is 2. The smallest absolute Gasteiger partial charge is 0.226 e. The van der Waals surface area contributed by atoms with Gasteiger partial charge in [-0.2, -0.15) is 0 Å². The fraction of sp³-hybridized carbons (Fsp3) is 0.176. The Balaban J connectivity index is 2.28. The topological polar surface area (TPSA) is 49.2 Å². The number of hydrogen-bond acceptors (Lipinski definition) is 4. The van der Waals surface area contributed by atoms with Crippen molar-refractivity contribution in [2.75, 3.05) is 25.1 Å². The van der Waals surface area contributed by atoms with E-state index in [2.05, 4.69) is 20.9 Å². The standard InChI is InChI=1S/C17H15BrClN3O/c1-22(8-9-23)17-20-15-7-6-11(18)10-13(15)16(21-17)12-4-2-3-5-14(12)19/h2-7,10,23H,8-9H2,1H3. The number of aliphatic hydroxyl groups excluding tert-OH is 1. The molecule has 1 heterocycles. The van der Waals surface area contributed by atoms with E-state index in [-0.39, 0.29) is 6.61 Å². The number of hydrogen-bond donors (Lipinski definition) is 1. The summed E-state index contributed by atoms with van der Waals surface area (Å²) in [5.41, 5.74) is 2.47. The van der Waals surface area contributed by atoms with Crippen molar-refractivity contribution in [3.05, 3.63) is 52.0 Å². The number of fused-ring (bicyclic) bond motifs is 1. The third kappa shape index (κ3) is 3.32. The molecular weight excluding hydrogens is 378 g/mol. The van der Waals surface area contributed by atoms with Gasteiger partial charge in [0.15, 0.2) is 0 Å². The van der Waals surface area contributed by atoms with E-state index < -0.39 is 0 Å². The second-order valence-electron chi connectivity index (χ2n) is 5.16. The van der Waals surface area contributed by atoms with E-state index in [0.717, 1.165) is 26.6 Å². The molecule has 23 heavy (non-hydrogen) atoms. The van der Waals surface area contributed by atoms with Crippen LogP contribution in [-0.2, 0) is 0 Å². The highest BCUT2D eigenvalue weighted by atomic mass is 79.9. The van der Waals surface area contributed by atoms with Gasteiger partial charge in [0.25, 0.3) is 0 Å². The van der Waals surface area contributed by atoms with Crippen LogP contribution in [0.1, 0.15) is 0 Å². The van der Waals surface area contributed by atoms with Gasteiger partial charge in [-0.3, -0.25) is 0 Å². The molecule has 6 heteroatoms. The summed E-state index contributed by atoms with van der Waals surface area (Å²) in [5, 5.41) is 10.7. The van der Waals surface area contributed by atoms with Gasteiger partial charge >= 0.3 is 0 Å². The minimum absolute atomic E-state index is 0.0413. The molecule has 0 aliphatic carbocycles. The molecule has 0 fully saturated rings. The van der Waals surface area contributed by atoms with Crippen LogP contribution in [-0.4, -0.2) is 35.3 Å². The van der Waals surface area contributed by atoms with Crippen LogP contribution >= 0.6 is 27.5 Å². The highest BCUT2D eigenvalue weighted by Crippen LogP contribution is 2.33. The van der Waals surface area contributed by atoms with Gasteiger partial charge in [0.2, 0.25) is 5.95 Å². The van der Waals surface area contributed by atoms with Crippen LogP contribution in [0.15, 0.2) is 46.9 Å². The zero-order valence-electron chi connectivity index (χ0n) is 12.5. The molecule has 0 saturated carbocycles. The third-order valence-electron chi connectivity index (χ3n) is 3.55. The van der Waals surface area contributed by atoms with Crippen LogP contribution in [0.2, 0.25) is 5.02 Å². The van der Waals surface area contributed by atoms with Crippen molar-refractivity contribution in [1.29, 1.82) is 0 Å². The average molecular weight is 393 g/mol. The Morgan fingerprint density at radius 2 is 1.96 bits per heavy atom. The Morgan fingerprint density at radius 3 is 2.70 bits per heavy atom. The van der Waals surface area contributed by atoms with Crippen molar-refractivity contribution in [3.8, 4) is 11.3 Å². The predicted octanol–water partition coefficient (Wildman–Crippen LogP) is 4.14. The van der Waals surface area contributed by atoms with Crippen molar-refractivity contribution < 1.29 is 5.11 Å². The van der Waals surface area contributed by atoms with Gasteiger partial charge in [-0.05, 0) is 24.3 Å². The highest BCUT2D eigenvalue weighted by molar-refractivity contribution is 9.10. The van der Waals surface area contributed by atoms with Gasteiger partial charge in [-0.25, -0.2) is 9.97 Å². The van der Waals surface area contributed by atoms with Crippen LogP contribution in [0.5, 0.6) is 0 Å². The Bertz CT molecular complexity index is 856. The zero-order chi connectivity index (χ0) is 16.4. The molecule has 0 amide bonds. The van der Waals surface area contributed by atoms with Gasteiger partial charge in [-0.1, -0.05) is 45.7 Å². The Labute approximate surface area is 147 Å². The van der Waals surface area contributed by atoms with E-state index in [9.17, 15) is 0 Å². The van der Waals surface area contributed by atoms with E-state index in [0.29, 0.717) is 17.5 Å². The van der Waals surface area contributed by atoms with Gasteiger partial charge < -0.3 is 10.0 Å². The van der Waals surface area contributed by atoms with Gasteiger partial charge in [0, 0.05) is 34.0 Å². The number of benzene rings is 2. The molecule has 2 aromatic carbocycles. The Hall–Kier alpha value is -1.69. The van der Waals surface area contributed by atoms with Crippen molar-refractivity contribution in [2.24, 2.45) is 0 Å². The molecule has 0 saturated heterocycles. The first kappa shape index (κ1) is 16.2. The zero-order valence-corrected chi connectivity index (χ0v) is 14.8. The van der Waals surface area contributed by atoms with Crippen molar-refractivity contribution in [3.63, 3.8) is 0 Å². The minimum Gasteiger partial charge on any atom is -0.395 e. The molecule has 0 atom stereocenters. The predicted molar refractivity (Wildman–Crippen MR) is 98.0 cm³/mol. The lowest BCUT2D eigenvalue weighted by molar-refractivity contribution is 0.303. The minimum atomic E-state index is 0.0413. The lowest BCUT2D eigenvalue weighted by Crippen LogP contribution is -2.23. The molecule has 0 radical (unpaired) electrons. The molecule has 118 valence electrons. The fourth-order valence-electron chi connectivity index (χ4n) is 2.37. The lowest BCUT2D eigenvalue weighted by atomic mass is 10.1. The average Bonchev–Trinajstić information content (AvgIpc) is 2.55. The third-order valence-corrected chi connectivity index (χ3v) is 4.37. The van der Waals surface area contributed by atoms with Crippen LogP contribution in [0, 0.1) is 0 Å². The molecule has 0 aliphatic heterocycles. The summed E-state index contributed by atoms with van der Waals surface area (Å²) in [6, 6.07) is 13.5. The van der Waals surface area contributed by atoms with E-state index in [4.69, 9.17) is 21.7 Å². The first-order valence-electron chi connectivity index (χ1n) is 7.14. The van der Waals surface area contributed by atoms with Crippen molar-refractivity contribution in [2.45, 2.75) is 0 Å². The second-order valence-corrected chi connectivity index (χ2v) is 6.48. The van der Waals surface area contributed by atoms with Gasteiger partial charge in [0.05, 0.1) is 17.8 Å². The fourth-order valence-corrected chi connectivity index (χ4v) is 2.95. The first-order valence-corrected chi connectivity index (χ1v) is 8.31. The summed E-state index contributed by atoms with van der Waals surface area (Å²) in [6.07, 6.45) is 0. The molecule has 0 unspecified atom stereocenters. The number of rotatable bonds is 4. The molecule has 3 aromatic rings. The molecule has 1 aromatic heterocycles. The quantitative estimate of drug-likeness (QED) is 0.725. The first-order chi connectivity index (χ1) is 11.1. The van der Waals surface area contributed by atoms with Crippen LogP contribution in [0.25, 0.3) is 22.2 Å². The van der Waals surface area contributed by atoms with E-state index in [1.807, 2.05) is 54.4 Å². The molecule has 4 nitrogen and oxygen atoms in total. The monoisotopic (exact) mass is 391 g/mol. The number of aliphatic hydroxyl groups is 1. The van der Waals surface area contributed by atoms with Crippen molar-refractivity contribution >= 4 is 44.4 Å². The molecular formula is C17H15BrClN3O. The number of halogens is 2. The second kappa shape index (κ2) is 6.83. The molecule has 0 bridgehead atoms. The molecule has 0 spiro atoms. The van der Waals surface area contributed by atoms with E-state index in [1.54, 1.807) is 0 Å². The van der Waals surface area contributed by atoms with Crippen LogP contribution in [0.3, 0.4) is 0 Å². The normalized spacial score (nSPS) is 11.0. The van der Waals surface area contributed by atoms with E-state index >= 15 is 0 Å². The maximum Gasteiger partial charge on any atom is 0.226 e. The van der Waals surface area contributed by atoms with Gasteiger partial charge in [-0.15, -0.1) is 0 Å². The Kier molecular flexibility index (Phi) is 4.80. The maximum absolute atomic E-state index is 9.15. The summed E-state index contributed by atoms with van der Waals surface area (Å²) < 4.78 is 0.957. The number of anilines is 1. The largest absolute Gasteiger partial charge is 0.395 e. The summed E-state index contributed by atoms with van der Waals surface area (Å²) in [5.74, 6) is 0.559. The van der Waals surface area contributed by atoms with Crippen LogP contribution < -0.4 is 4.90 Å². The lowest BCUT2D eigenvalue weighted by Gasteiger charge is -2.18. The van der Waals surface area contributed by atoms with Crippen molar-refractivity contribution in [1.82, 2.24) is 9.97 Å². The SMILES string of the molecule is CN(CCO)c1nc(-c2ccccc2Cl)c2cc(Br)ccc2n1. The molecule has 1 N–H and O–H groups in total. The highest BCUT2D eigenvalue weighted by Gasteiger charge is 2.14. The summed E-state index contributed by atoms with van der Waals surface area (Å²) in [7, 11) is 1.85. The molecule has 3 rings (SSSR count). The Morgan fingerprint density at radius 1 is 1.17 bits per heavy atom. The molecule has 0 aliphatic rings. The number of likely N-dealkylation sites (N-methyl/N-ethyl adjacent to an activating group) is 1. The summed E-state index contributed by atoms with van der Waals surface area (Å²) in [4.78, 5) is 11.1. The summed E-state index contributed by atoms with van der Waals surface area (Å²) in [6.45, 7) is 0.504. The summed E-state index contributed by atoms with van der Waals surface area (Å²) >= 11 is 9.86. The van der Waals surface area contributed by atoms with Gasteiger partial charge in [0.1, 0.15) is 0 Å². The van der Waals surface area contributed by atoms with E-state index in [1.165, 1.54) is 0 Å². The van der Waals surface area contributed by atoms with Crippen LogP contribution in [0.4, 0.5) is 5.95 Å². The number of nitrogens with zero attached hydrogens (tertiary/aromatic N) is 3. The maximum atomic E-state index is 9.15.